The molecule has 0 unspecified atom stereocenters. The Morgan fingerprint density at radius 3 is 2.82 bits per heavy atom. The summed E-state index contributed by atoms with van der Waals surface area (Å²) in [5, 5.41) is 3.75. The summed E-state index contributed by atoms with van der Waals surface area (Å²) in [7, 11) is 0. The second kappa shape index (κ2) is 2.71. The van der Waals surface area contributed by atoms with Crippen molar-refractivity contribution in [2.24, 2.45) is 5.73 Å². The molecule has 0 aliphatic rings. The summed E-state index contributed by atoms with van der Waals surface area (Å²) in [6.45, 7) is 1.69. The monoisotopic (exact) mass is 154 g/mol. The highest BCUT2D eigenvalue weighted by atomic mass is 16.2. The van der Waals surface area contributed by atoms with E-state index in [2.05, 4.69) is 5.10 Å². The molecule has 0 atom stereocenters. The Morgan fingerprint density at radius 1 is 1.82 bits per heavy atom. The van der Waals surface area contributed by atoms with E-state index in [1.165, 1.54) is 4.68 Å². The Kier molecular flexibility index (Phi) is 1.91. The van der Waals surface area contributed by atoms with Gasteiger partial charge in [-0.2, -0.15) is 0 Å². The first-order chi connectivity index (χ1) is 5.15. The molecule has 0 saturated carbocycles. The number of nitrogens with two attached hydrogens (primary N) is 2. The second-order valence-electron chi connectivity index (χ2n) is 2.22. The normalized spacial score (nSPS) is 10.0. The molecule has 4 N–H and O–H groups in total. The first-order valence-corrected chi connectivity index (χ1v) is 3.20. The minimum Gasteiger partial charge on any atom is -0.382 e. The van der Waals surface area contributed by atoms with E-state index in [0.717, 1.165) is 0 Å². The number of carbonyl (C=O) groups is 1. The first kappa shape index (κ1) is 7.74. The number of aryl methyl sites for hydroxylation is 1. The van der Waals surface area contributed by atoms with Crippen LogP contribution in [0, 0.1) is 6.92 Å². The molecule has 0 aromatic carbocycles. The number of hydrogen-bond acceptors (Lipinski definition) is 4. The summed E-state index contributed by atoms with van der Waals surface area (Å²) < 4.78 is 1.20. The largest absolute Gasteiger partial charge is 0.382 e. The fourth-order valence-corrected chi connectivity index (χ4v) is 0.837. The average Bonchev–Trinajstić information content (AvgIpc) is 2.28. The van der Waals surface area contributed by atoms with Crippen LogP contribution in [0.25, 0.3) is 0 Å². The van der Waals surface area contributed by atoms with Crippen molar-refractivity contribution in [2.45, 2.75) is 6.92 Å². The van der Waals surface area contributed by atoms with Gasteiger partial charge < -0.3 is 11.5 Å². The van der Waals surface area contributed by atoms with E-state index in [4.69, 9.17) is 11.5 Å². The highest BCUT2D eigenvalue weighted by molar-refractivity contribution is 5.80. The van der Waals surface area contributed by atoms with Gasteiger partial charge in [0.25, 0.3) is 5.91 Å². The number of anilines is 1. The van der Waals surface area contributed by atoms with Gasteiger partial charge in [-0.05, 0) is 6.92 Å². The molecule has 11 heavy (non-hydrogen) atoms. The van der Waals surface area contributed by atoms with Crippen LogP contribution in [-0.4, -0.2) is 22.2 Å². The Balaban J connectivity index is 3.03. The molecular formula is C6H10N4O. The molecule has 0 spiro atoms. The van der Waals surface area contributed by atoms with Gasteiger partial charge in [0, 0.05) is 11.8 Å². The van der Waals surface area contributed by atoms with Crippen LogP contribution in [-0.2, 0) is 0 Å². The summed E-state index contributed by atoms with van der Waals surface area (Å²) in [6, 6.07) is 1.62. The zero-order valence-corrected chi connectivity index (χ0v) is 6.24. The van der Waals surface area contributed by atoms with Gasteiger partial charge in [-0.15, -0.1) is 5.10 Å². The quantitative estimate of drug-likeness (QED) is 0.564. The Hall–Kier alpha value is -1.36. The summed E-state index contributed by atoms with van der Waals surface area (Å²) in [6.07, 6.45) is 0. The molecule has 1 aromatic heterocycles. The molecule has 0 fully saturated rings. The van der Waals surface area contributed by atoms with Gasteiger partial charge >= 0.3 is 0 Å². The second-order valence-corrected chi connectivity index (χ2v) is 2.22. The lowest BCUT2D eigenvalue weighted by atomic mass is 10.4. The lowest BCUT2D eigenvalue weighted by molar-refractivity contribution is 0.0906. The minimum atomic E-state index is -0.251. The Bertz CT molecular complexity index is 278. The topological polar surface area (TPSA) is 86.9 Å². The first-order valence-electron chi connectivity index (χ1n) is 3.20. The molecule has 1 aromatic rings. The van der Waals surface area contributed by atoms with Crippen LogP contribution < -0.4 is 11.5 Å². The maximum absolute atomic E-state index is 11.0. The summed E-state index contributed by atoms with van der Waals surface area (Å²) in [4.78, 5) is 11.0. The third-order valence-corrected chi connectivity index (χ3v) is 1.32. The predicted molar refractivity (Wildman–Crippen MR) is 41.1 cm³/mol. The molecule has 0 aliphatic carbocycles. The molecule has 0 aliphatic heterocycles. The summed E-state index contributed by atoms with van der Waals surface area (Å²) >= 11 is 0. The molecule has 1 heterocycles. The van der Waals surface area contributed by atoms with Gasteiger partial charge in [0.05, 0.1) is 6.54 Å². The molecule has 0 bridgehead atoms. The van der Waals surface area contributed by atoms with Crippen molar-refractivity contribution in [2.75, 3.05) is 12.3 Å². The highest BCUT2D eigenvalue weighted by Crippen LogP contribution is 2.02. The molecule has 60 valence electrons. The van der Waals surface area contributed by atoms with E-state index in [9.17, 15) is 4.79 Å². The molecule has 0 radical (unpaired) electrons. The van der Waals surface area contributed by atoms with Crippen molar-refractivity contribution in [3.8, 4) is 0 Å². The van der Waals surface area contributed by atoms with Crippen LogP contribution in [0.1, 0.15) is 10.5 Å². The van der Waals surface area contributed by atoms with Gasteiger partial charge in [0.2, 0.25) is 0 Å². The Morgan fingerprint density at radius 2 is 2.45 bits per heavy atom. The average molecular weight is 154 g/mol. The van der Waals surface area contributed by atoms with E-state index >= 15 is 0 Å². The van der Waals surface area contributed by atoms with Crippen molar-refractivity contribution in [3.63, 3.8) is 0 Å². The lowest BCUT2D eigenvalue weighted by Crippen LogP contribution is -2.23. The third-order valence-electron chi connectivity index (χ3n) is 1.32. The number of hydrogen-bond donors (Lipinski definition) is 2. The highest BCUT2D eigenvalue weighted by Gasteiger charge is 2.06. The number of nitrogens with zero attached hydrogens (tertiary/aromatic N) is 2. The number of rotatable bonds is 1. The van der Waals surface area contributed by atoms with Gasteiger partial charge in [-0.1, -0.05) is 0 Å². The van der Waals surface area contributed by atoms with Crippen LogP contribution in [0.15, 0.2) is 6.07 Å². The number of nitrogen functional groups attached to an aromatic ring is 1. The fraction of sp³-hybridized carbons (Fsp3) is 0.333. The minimum absolute atomic E-state index is 0.0536. The van der Waals surface area contributed by atoms with Gasteiger partial charge in [-0.3, -0.25) is 4.79 Å². The van der Waals surface area contributed by atoms with E-state index in [1.807, 2.05) is 0 Å². The number of carbonyl (C=O) groups excluding carboxylic acids is 1. The maximum Gasteiger partial charge on any atom is 0.260 e. The maximum atomic E-state index is 11.0. The van der Waals surface area contributed by atoms with Crippen molar-refractivity contribution >= 4 is 11.7 Å². The van der Waals surface area contributed by atoms with Gasteiger partial charge in [-0.25, -0.2) is 4.68 Å². The van der Waals surface area contributed by atoms with E-state index in [1.54, 1.807) is 13.0 Å². The van der Waals surface area contributed by atoms with Crippen molar-refractivity contribution < 1.29 is 4.79 Å². The molecule has 5 nitrogen and oxygen atoms in total. The zero-order chi connectivity index (χ0) is 8.43. The molecule has 1 rings (SSSR count). The zero-order valence-electron chi connectivity index (χ0n) is 6.24. The summed E-state index contributed by atoms with van der Waals surface area (Å²) in [5.74, 6) is 0.0866. The van der Waals surface area contributed by atoms with Crippen LogP contribution in [0.5, 0.6) is 0 Å². The van der Waals surface area contributed by atoms with Crippen LogP contribution in [0.4, 0.5) is 5.82 Å². The molecule has 5 heteroatoms. The molecular weight excluding hydrogens is 144 g/mol. The van der Waals surface area contributed by atoms with E-state index in [0.29, 0.717) is 11.5 Å². The lowest BCUT2D eigenvalue weighted by Gasteiger charge is -1.97. The van der Waals surface area contributed by atoms with Crippen molar-refractivity contribution in [1.29, 1.82) is 0 Å². The van der Waals surface area contributed by atoms with Crippen LogP contribution >= 0.6 is 0 Å². The fourth-order valence-electron chi connectivity index (χ4n) is 0.837. The molecule has 0 amide bonds. The third kappa shape index (κ3) is 1.38. The Labute approximate surface area is 64.0 Å². The van der Waals surface area contributed by atoms with Crippen LogP contribution in [0.2, 0.25) is 0 Å². The standard InChI is InChI=1S/C6H10N4O/c1-4-2-5(8)9-10(4)6(11)3-7/h2H,3,7H2,1H3,(H2,8,9). The predicted octanol–water partition coefficient (Wildman–Crippen LogP) is -0.627. The van der Waals surface area contributed by atoms with E-state index in [-0.39, 0.29) is 12.5 Å². The van der Waals surface area contributed by atoms with E-state index < -0.39 is 0 Å². The molecule has 0 saturated heterocycles. The van der Waals surface area contributed by atoms with Gasteiger partial charge in [0.1, 0.15) is 5.82 Å². The van der Waals surface area contributed by atoms with Gasteiger partial charge in [0.15, 0.2) is 0 Å². The summed E-state index contributed by atoms with van der Waals surface area (Å²) in [5.41, 5.74) is 11.2. The SMILES string of the molecule is Cc1cc(N)nn1C(=O)CN. The smallest absolute Gasteiger partial charge is 0.260 e. The van der Waals surface area contributed by atoms with Crippen LogP contribution in [0.3, 0.4) is 0 Å². The number of aromatic nitrogens is 2. The van der Waals surface area contributed by atoms with Crippen molar-refractivity contribution in [3.05, 3.63) is 11.8 Å². The van der Waals surface area contributed by atoms with Crippen molar-refractivity contribution in [1.82, 2.24) is 9.78 Å².